The number of fused-ring (bicyclic) bond motifs is 1. The molecule has 0 amide bonds. The zero-order valence-electron chi connectivity index (χ0n) is 15.0. The summed E-state index contributed by atoms with van der Waals surface area (Å²) < 4.78 is 13.7. The van der Waals surface area contributed by atoms with Crippen LogP contribution in [-0.4, -0.2) is 0 Å². The summed E-state index contributed by atoms with van der Waals surface area (Å²) in [5.41, 5.74) is 3.10. The van der Waals surface area contributed by atoms with Gasteiger partial charge in [0.05, 0.1) is 5.60 Å². The van der Waals surface area contributed by atoms with E-state index in [1.807, 2.05) is 36.4 Å². The van der Waals surface area contributed by atoms with Crippen molar-refractivity contribution in [3.05, 3.63) is 76.5 Å². The number of ether oxygens (including phenoxy) is 1. The molecule has 1 aliphatic rings. The summed E-state index contributed by atoms with van der Waals surface area (Å²) in [7, 11) is 0. The number of para-hydroxylation sites is 1. The minimum Gasteiger partial charge on any atom is -0.456 e. The molecule has 0 saturated carbocycles. The van der Waals surface area contributed by atoms with Crippen molar-refractivity contribution < 1.29 is 9.15 Å². The number of rotatable bonds is 4. The van der Waals surface area contributed by atoms with Crippen LogP contribution >= 0.6 is 15.9 Å². The maximum atomic E-state index is 6.54. The van der Waals surface area contributed by atoms with Gasteiger partial charge in [0.25, 0.3) is 0 Å². The van der Waals surface area contributed by atoms with Crippen molar-refractivity contribution in [2.75, 3.05) is 5.32 Å². The van der Waals surface area contributed by atoms with E-state index in [4.69, 9.17) is 9.15 Å². The maximum Gasteiger partial charge on any atom is 0.187 e. The van der Waals surface area contributed by atoms with Crippen LogP contribution in [0, 0.1) is 0 Å². The van der Waals surface area contributed by atoms with Crippen LogP contribution in [0.15, 0.2) is 69.6 Å². The van der Waals surface area contributed by atoms with Gasteiger partial charge < -0.3 is 14.5 Å². The molecule has 4 heteroatoms. The molecule has 2 heterocycles. The molecule has 2 aromatic carbocycles. The lowest BCUT2D eigenvalue weighted by atomic mass is 9.85. The van der Waals surface area contributed by atoms with Crippen molar-refractivity contribution in [3.8, 4) is 11.3 Å². The number of halogens is 1. The molecular formula is C22H22BrNO2. The number of nitrogens with one attached hydrogen (secondary N) is 1. The van der Waals surface area contributed by atoms with Crippen LogP contribution in [0.25, 0.3) is 11.3 Å². The van der Waals surface area contributed by atoms with Gasteiger partial charge in [-0.15, -0.1) is 0 Å². The second-order valence-corrected chi connectivity index (χ2v) is 7.51. The minimum absolute atomic E-state index is 0.295. The summed E-state index contributed by atoms with van der Waals surface area (Å²) in [5.74, 6) is 1.64. The summed E-state index contributed by atoms with van der Waals surface area (Å²) in [5, 5.41) is 3.49. The standard InChI is InChI=1S/C22H22BrNO2/c1-3-22(4-2)17-7-5-6-8-18(17)24-21(26-22)20-14-13-19(25-20)15-9-11-16(23)12-10-15/h5-14,21,24H,3-4H2,1-2H3/t21-/m0/s1. The predicted octanol–water partition coefficient (Wildman–Crippen LogP) is 6.87. The van der Waals surface area contributed by atoms with Crippen molar-refractivity contribution in [3.63, 3.8) is 0 Å². The summed E-state index contributed by atoms with van der Waals surface area (Å²) in [6, 6.07) is 20.5. The highest BCUT2D eigenvalue weighted by atomic mass is 79.9. The van der Waals surface area contributed by atoms with E-state index in [1.165, 1.54) is 5.56 Å². The molecule has 134 valence electrons. The summed E-state index contributed by atoms with van der Waals surface area (Å²) in [4.78, 5) is 0. The summed E-state index contributed by atoms with van der Waals surface area (Å²) >= 11 is 3.47. The molecule has 26 heavy (non-hydrogen) atoms. The van der Waals surface area contributed by atoms with Crippen molar-refractivity contribution >= 4 is 21.6 Å². The Labute approximate surface area is 162 Å². The maximum absolute atomic E-state index is 6.54. The van der Waals surface area contributed by atoms with E-state index in [0.717, 1.165) is 40.1 Å². The number of anilines is 1. The summed E-state index contributed by atoms with van der Waals surface area (Å²) in [6.07, 6.45) is 1.53. The molecule has 0 bridgehead atoms. The fourth-order valence-corrected chi connectivity index (χ4v) is 3.92. The van der Waals surface area contributed by atoms with Gasteiger partial charge in [-0.25, -0.2) is 0 Å². The lowest BCUT2D eigenvalue weighted by Crippen LogP contribution is -2.37. The molecule has 1 N–H and O–H groups in total. The third-order valence-electron chi connectivity index (χ3n) is 5.20. The van der Waals surface area contributed by atoms with Gasteiger partial charge >= 0.3 is 0 Å². The largest absolute Gasteiger partial charge is 0.456 e. The molecule has 0 spiro atoms. The van der Waals surface area contributed by atoms with Crippen LogP contribution in [0.5, 0.6) is 0 Å². The SMILES string of the molecule is CCC1(CC)O[C@@H](c2ccc(-c3ccc(Br)cc3)o2)Nc2ccccc21. The number of hydrogen-bond donors (Lipinski definition) is 1. The molecule has 3 nitrogen and oxygen atoms in total. The van der Waals surface area contributed by atoms with Crippen molar-refractivity contribution in [2.24, 2.45) is 0 Å². The predicted molar refractivity (Wildman–Crippen MR) is 108 cm³/mol. The van der Waals surface area contributed by atoms with Gasteiger partial charge in [0, 0.05) is 21.3 Å². The molecular weight excluding hydrogens is 390 g/mol. The first-order valence-electron chi connectivity index (χ1n) is 9.05. The van der Waals surface area contributed by atoms with E-state index in [2.05, 4.69) is 59.4 Å². The molecule has 0 saturated heterocycles. The topological polar surface area (TPSA) is 34.4 Å². The first-order chi connectivity index (χ1) is 12.6. The smallest absolute Gasteiger partial charge is 0.187 e. The van der Waals surface area contributed by atoms with Crippen molar-refractivity contribution in [1.82, 2.24) is 0 Å². The van der Waals surface area contributed by atoms with E-state index in [0.29, 0.717) is 0 Å². The Morgan fingerprint density at radius 2 is 1.69 bits per heavy atom. The molecule has 0 aliphatic carbocycles. The molecule has 4 rings (SSSR count). The third kappa shape index (κ3) is 2.97. The zero-order valence-corrected chi connectivity index (χ0v) is 16.5. The normalized spacial score (nSPS) is 18.2. The molecule has 0 unspecified atom stereocenters. The Hall–Kier alpha value is -2.04. The lowest BCUT2D eigenvalue weighted by Gasteiger charge is -2.42. The molecule has 0 fully saturated rings. The van der Waals surface area contributed by atoms with Gasteiger partial charge in [0.15, 0.2) is 12.0 Å². The van der Waals surface area contributed by atoms with Crippen LogP contribution in [0.1, 0.15) is 44.2 Å². The molecule has 1 aliphatic heterocycles. The van der Waals surface area contributed by atoms with Gasteiger partial charge in [-0.05, 0) is 43.2 Å². The monoisotopic (exact) mass is 411 g/mol. The second-order valence-electron chi connectivity index (χ2n) is 6.60. The fraction of sp³-hybridized carbons (Fsp3) is 0.273. The van der Waals surface area contributed by atoms with Crippen LogP contribution in [0.3, 0.4) is 0 Å². The molecule has 0 radical (unpaired) electrons. The molecule has 1 aromatic heterocycles. The fourth-order valence-electron chi connectivity index (χ4n) is 3.66. The molecule has 1 atom stereocenters. The van der Waals surface area contributed by atoms with Gasteiger partial charge in [-0.3, -0.25) is 0 Å². The Balaban J connectivity index is 1.68. The van der Waals surface area contributed by atoms with Crippen molar-refractivity contribution in [1.29, 1.82) is 0 Å². The Morgan fingerprint density at radius 1 is 0.962 bits per heavy atom. The lowest BCUT2D eigenvalue weighted by molar-refractivity contribution is -0.110. The minimum atomic E-state index is -0.297. The van der Waals surface area contributed by atoms with E-state index in [9.17, 15) is 0 Å². The average Bonchev–Trinajstić information content (AvgIpc) is 3.18. The van der Waals surface area contributed by atoms with E-state index in [1.54, 1.807) is 0 Å². The van der Waals surface area contributed by atoms with Crippen LogP contribution in [0.2, 0.25) is 0 Å². The number of benzene rings is 2. The number of furan rings is 1. The Morgan fingerprint density at radius 3 is 2.42 bits per heavy atom. The summed E-state index contributed by atoms with van der Waals surface area (Å²) in [6.45, 7) is 4.36. The van der Waals surface area contributed by atoms with Crippen LogP contribution in [-0.2, 0) is 10.3 Å². The van der Waals surface area contributed by atoms with Gasteiger partial charge in [-0.2, -0.15) is 0 Å². The highest BCUT2D eigenvalue weighted by Gasteiger charge is 2.40. The highest BCUT2D eigenvalue weighted by molar-refractivity contribution is 9.10. The zero-order chi connectivity index (χ0) is 18.1. The Kier molecular flexibility index (Phi) is 4.63. The van der Waals surface area contributed by atoms with E-state index >= 15 is 0 Å². The van der Waals surface area contributed by atoms with Gasteiger partial charge in [0.2, 0.25) is 0 Å². The quantitative estimate of drug-likeness (QED) is 0.508. The van der Waals surface area contributed by atoms with Crippen molar-refractivity contribution in [2.45, 2.75) is 38.5 Å². The Bertz CT molecular complexity index is 897. The second kappa shape index (κ2) is 6.93. The third-order valence-corrected chi connectivity index (χ3v) is 5.73. The van der Waals surface area contributed by atoms with Crippen LogP contribution in [0.4, 0.5) is 5.69 Å². The first kappa shape index (κ1) is 17.4. The van der Waals surface area contributed by atoms with Gasteiger partial charge in [-0.1, -0.05) is 60.1 Å². The average molecular weight is 412 g/mol. The molecule has 3 aromatic rings. The van der Waals surface area contributed by atoms with E-state index in [-0.39, 0.29) is 11.8 Å². The highest BCUT2D eigenvalue weighted by Crippen LogP contribution is 2.46. The van der Waals surface area contributed by atoms with E-state index < -0.39 is 0 Å². The number of hydrogen-bond acceptors (Lipinski definition) is 3. The van der Waals surface area contributed by atoms with Crippen LogP contribution < -0.4 is 5.32 Å². The van der Waals surface area contributed by atoms with Gasteiger partial charge in [0.1, 0.15) is 5.76 Å². The first-order valence-corrected chi connectivity index (χ1v) is 9.84.